The number of alkyl halides is 3. The molecule has 27 heavy (non-hydrogen) atoms. The summed E-state index contributed by atoms with van der Waals surface area (Å²) in [7, 11) is 0. The molecule has 2 heterocycles. The number of rotatable bonds is 6. The average molecular weight is 413 g/mol. The van der Waals surface area contributed by atoms with E-state index in [-0.39, 0.29) is 22.4 Å². The molecule has 9 heteroatoms. The zero-order chi connectivity index (χ0) is 20.2. The van der Waals surface area contributed by atoms with E-state index in [1.165, 1.54) is 11.3 Å². The maximum absolute atomic E-state index is 13.4. The van der Waals surface area contributed by atoms with Crippen LogP contribution in [-0.2, 0) is 11.0 Å². The number of hydrogen-bond acceptors (Lipinski definition) is 5. The number of nitrogens with one attached hydrogen (secondary N) is 1. The normalized spacial score (nSPS) is 11.9. The number of carbonyl (C=O) groups excluding carboxylic acids is 1. The molecule has 0 saturated heterocycles. The Morgan fingerprint density at radius 1 is 1.41 bits per heavy atom. The maximum Gasteiger partial charge on any atom is 0.417 e. The summed E-state index contributed by atoms with van der Waals surface area (Å²) in [6, 6.07) is 5.84. The molecule has 1 N–H and O–H groups in total. The first kappa shape index (κ1) is 21.3. The van der Waals surface area contributed by atoms with Crippen LogP contribution in [0.2, 0.25) is 0 Å². The number of nitrogens with zero attached hydrogens (tertiary/aromatic N) is 2. The Balaban J connectivity index is 2.38. The molecule has 2 aromatic heterocycles. The van der Waals surface area contributed by atoms with Gasteiger partial charge in [-0.15, -0.1) is 11.3 Å². The van der Waals surface area contributed by atoms with Crippen LogP contribution in [0.15, 0.2) is 28.6 Å². The lowest BCUT2D eigenvalue weighted by molar-refractivity contribution is -0.138. The van der Waals surface area contributed by atoms with E-state index in [0.717, 1.165) is 17.8 Å². The molecule has 0 atom stereocenters. The van der Waals surface area contributed by atoms with Crippen LogP contribution in [-0.4, -0.2) is 22.2 Å². The van der Waals surface area contributed by atoms with Crippen molar-refractivity contribution in [1.82, 2.24) is 10.3 Å². The summed E-state index contributed by atoms with van der Waals surface area (Å²) in [5.74, 6) is -0.455. The summed E-state index contributed by atoms with van der Waals surface area (Å²) in [5, 5.41) is 13.7. The summed E-state index contributed by atoms with van der Waals surface area (Å²) >= 11 is 2.08. The van der Waals surface area contributed by atoms with E-state index in [9.17, 15) is 23.2 Å². The molecule has 1 amide bonds. The number of hydrogen-bond donors (Lipinski definition) is 1. The fourth-order valence-corrected chi connectivity index (χ4v) is 3.63. The maximum atomic E-state index is 13.4. The molecule has 0 fully saturated rings. The number of carbonyl (C=O) groups is 1. The highest BCUT2D eigenvalue weighted by molar-refractivity contribution is 8.00. The Morgan fingerprint density at radius 2 is 2.11 bits per heavy atom. The van der Waals surface area contributed by atoms with E-state index in [1.807, 2.05) is 20.8 Å². The summed E-state index contributed by atoms with van der Waals surface area (Å²) in [6.07, 6.45) is -3.99. The highest BCUT2D eigenvalue weighted by atomic mass is 32.2. The Bertz CT molecular complexity index is 856. The molecule has 0 spiro atoms. The van der Waals surface area contributed by atoms with E-state index in [4.69, 9.17) is 0 Å². The number of amides is 1. The van der Waals surface area contributed by atoms with Gasteiger partial charge in [-0.25, -0.2) is 4.98 Å². The quantitative estimate of drug-likeness (QED) is 0.670. The molecule has 0 aliphatic rings. The van der Waals surface area contributed by atoms with Crippen molar-refractivity contribution in [2.45, 2.75) is 43.9 Å². The molecule has 2 aromatic rings. The highest BCUT2D eigenvalue weighted by Crippen LogP contribution is 2.38. The van der Waals surface area contributed by atoms with Crippen LogP contribution in [0.3, 0.4) is 0 Å². The molecular formula is C18H18F3N3OS2. The van der Waals surface area contributed by atoms with E-state index in [2.05, 4.69) is 10.3 Å². The van der Waals surface area contributed by atoms with Crippen LogP contribution < -0.4 is 5.32 Å². The van der Waals surface area contributed by atoms with Gasteiger partial charge in [0.05, 0.1) is 27.5 Å². The van der Waals surface area contributed by atoms with Gasteiger partial charge in [0.25, 0.3) is 0 Å². The second kappa shape index (κ2) is 8.31. The second-order valence-electron chi connectivity index (χ2n) is 6.40. The van der Waals surface area contributed by atoms with Gasteiger partial charge in [0.1, 0.15) is 11.1 Å². The fraction of sp³-hybridized carbons (Fsp3) is 0.389. The van der Waals surface area contributed by atoms with Crippen molar-refractivity contribution >= 4 is 29.0 Å². The minimum atomic E-state index is -4.69. The van der Waals surface area contributed by atoms with Gasteiger partial charge in [0.2, 0.25) is 5.91 Å². The van der Waals surface area contributed by atoms with Crippen LogP contribution in [0.4, 0.5) is 13.2 Å². The summed E-state index contributed by atoms with van der Waals surface area (Å²) in [5.41, 5.74) is -1.89. The lowest BCUT2D eigenvalue weighted by Gasteiger charge is -2.24. The lowest BCUT2D eigenvalue weighted by atomic mass is 10.0. The summed E-state index contributed by atoms with van der Waals surface area (Å²) in [4.78, 5) is 16.9. The minimum Gasteiger partial charge on any atom is -0.351 e. The summed E-state index contributed by atoms with van der Waals surface area (Å²) < 4.78 is 40.3. The van der Waals surface area contributed by atoms with Gasteiger partial charge in [0.15, 0.2) is 0 Å². The molecule has 0 saturated carbocycles. The SMILES string of the molecule is CCC(C)(C)NC(=O)CSc1nc(-c2cccs2)cc(C(F)(F)F)c1C#N. The van der Waals surface area contributed by atoms with Gasteiger partial charge >= 0.3 is 6.18 Å². The smallest absolute Gasteiger partial charge is 0.351 e. The molecule has 0 aliphatic carbocycles. The highest BCUT2D eigenvalue weighted by Gasteiger charge is 2.36. The van der Waals surface area contributed by atoms with Gasteiger partial charge in [-0.05, 0) is 37.8 Å². The third-order valence-corrected chi connectivity index (χ3v) is 5.75. The predicted molar refractivity (Wildman–Crippen MR) is 101 cm³/mol. The molecular weight excluding hydrogens is 395 g/mol. The van der Waals surface area contributed by atoms with Crippen molar-refractivity contribution < 1.29 is 18.0 Å². The first-order valence-electron chi connectivity index (χ1n) is 8.07. The van der Waals surface area contributed by atoms with E-state index >= 15 is 0 Å². The van der Waals surface area contributed by atoms with E-state index < -0.39 is 22.8 Å². The van der Waals surface area contributed by atoms with Crippen molar-refractivity contribution in [2.75, 3.05) is 5.75 Å². The number of aromatic nitrogens is 1. The molecule has 0 bridgehead atoms. The Labute approximate surface area is 163 Å². The number of halogens is 3. The average Bonchev–Trinajstić information content (AvgIpc) is 3.12. The number of thiophene rings is 1. The predicted octanol–water partition coefficient (Wildman–Crippen LogP) is 5.10. The van der Waals surface area contributed by atoms with Crippen molar-refractivity contribution in [1.29, 1.82) is 5.26 Å². The Hall–Kier alpha value is -2.05. The van der Waals surface area contributed by atoms with Gasteiger partial charge in [-0.1, -0.05) is 24.8 Å². The van der Waals surface area contributed by atoms with E-state index in [0.29, 0.717) is 11.3 Å². The molecule has 0 aliphatic heterocycles. The minimum absolute atomic E-state index is 0.0971. The van der Waals surface area contributed by atoms with Crippen molar-refractivity contribution in [2.24, 2.45) is 0 Å². The van der Waals surface area contributed by atoms with Gasteiger partial charge in [-0.3, -0.25) is 4.79 Å². The zero-order valence-corrected chi connectivity index (χ0v) is 16.6. The first-order valence-corrected chi connectivity index (χ1v) is 9.94. The van der Waals surface area contributed by atoms with Crippen molar-refractivity contribution in [3.63, 3.8) is 0 Å². The number of thioether (sulfide) groups is 1. The van der Waals surface area contributed by atoms with Crippen LogP contribution in [0.25, 0.3) is 10.6 Å². The van der Waals surface area contributed by atoms with Gasteiger partial charge in [-0.2, -0.15) is 18.4 Å². The molecule has 0 radical (unpaired) electrons. The van der Waals surface area contributed by atoms with Crippen LogP contribution >= 0.6 is 23.1 Å². The van der Waals surface area contributed by atoms with Crippen LogP contribution in [0, 0.1) is 11.3 Å². The standard InChI is InChI=1S/C18H18F3N3OS2/c1-4-17(2,3)24-15(25)10-27-16-11(9-22)12(18(19,20)21)8-13(23-16)14-6-5-7-26-14/h5-8H,4,10H2,1-3H3,(H,24,25). The van der Waals surface area contributed by atoms with E-state index in [1.54, 1.807) is 23.6 Å². The second-order valence-corrected chi connectivity index (χ2v) is 8.31. The van der Waals surface area contributed by atoms with Gasteiger partial charge < -0.3 is 5.32 Å². The first-order chi connectivity index (χ1) is 12.6. The molecule has 0 aromatic carbocycles. The number of nitriles is 1. The monoisotopic (exact) mass is 413 g/mol. The topological polar surface area (TPSA) is 65.8 Å². The Morgan fingerprint density at radius 3 is 2.63 bits per heavy atom. The van der Waals surface area contributed by atoms with Crippen molar-refractivity contribution in [3.8, 4) is 16.6 Å². The molecule has 2 rings (SSSR count). The van der Waals surface area contributed by atoms with Crippen LogP contribution in [0.5, 0.6) is 0 Å². The largest absolute Gasteiger partial charge is 0.417 e. The Kier molecular flexibility index (Phi) is 6.54. The molecule has 0 unspecified atom stereocenters. The third kappa shape index (κ3) is 5.47. The summed E-state index contributed by atoms with van der Waals surface area (Å²) in [6.45, 7) is 5.63. The van der Waals surface area contributed by atoms with Crippen LogP contribution in [0.1, 0.15) is 38.3 Å². The van der Waals surface area contributed by atoms with Gasteiger partial charge in [0, 0.05) is 5.54 Å². The third-order valence-electron chi connectivity index (χ3n) is 3.88. The van der Waals surface area contributed by atoms with Crippen molar-refractivity contribution in [3.05, 3.63) is 34.7 Å². The molecule has 144 valence electrons. The number of pyridine rings is 1. The zero-order valence-electron chi connectivity index (χ0n) is 15.0. The molecule has 4 nitrogen and oxygen atoms in total. The lowest BCUT2D eigenvalue weighted by Crippen LogP contribution is -2.43. The fourth-order valence-electron chi connectivity index (χ4n) is 2.14.